The van der Waals surface area contributed by atoms with Crippen LogP contribution < -0.4 is 0 Å². The fourth-order valence-corrected chi connectivity index (χ4v) is 4.95. The number of benzene rings is 2. The van der Waals surface area contributed by atoms with Crippen LogP contribution in [0, 0.1) is 13.8 Å². The number of hydrogen-bond acceptors (Lipinski definition) is 5. The van der Waals surface area contributed by atoms with E-state index in [2.05, 4.69) is 89.4 Å². The third-order valence-corrected chi connectivity index (χ3v) is 6.58. The Morgan fingerprint density at radius 1 is 0.966 bits per heavy atom. The first-order valence-electron chi connectivity index (χ1n) is 9.78. The van der Waals surface area contributed by atoms with E-state index in [1.54, 1.807) is 23.1 Å². The fraction of sp³-hybridized carbons (Fsp3) is 0.261. The van der Waals surface area contributed by atoms with E-state index in [0.29, 0.717) is 0 Å². The Bertz CT molecular complexity index is 1100. The Balaban J connectivity index is 1.52. The minimum absolute atomic E-state index is 0.790. The van der Waals surface area contributed by atoms with Crippen LogP contribution in [0.1, 0.15) is 30.2 Å². The van der Waals surface area contributed by atoms with Gasteiger partial charge in [-0.25, -0.2) is 4.98 Å². The summed E-state index contributed by atoms with van der Waals surface area (Å²) in [7, 11) is 0. The lowest BCUT2D eigenvalue weighted by atomic mass is 10.1. The Hall–Kier alpha value is -2.44. The summed E-state index contributed by atoms with van der Waals surface area (Å²) in [6.45, 7) is 7.30. The molecule has 0 saturated carbocycles. The van der Waals surface area contributed by atoms with Crippen molar-refractivity contribution in [3.8, 4) is 22.0 Å². The van der Waals surface area contributed by atoms with Crippen molar-refractivity contribution in [3.63, 3.8) is 0 Å². The first-order chi connectivity index (χ1) is 14.1. The molecule has 148 valence electrons. The molecule has 0 fully saturated rings. The van der Waals surface area contributed by atoms with Crippen molar-refractivity contribution in [1.82, 2.24) is 19.7 Å². The second-order valence-corrected chi connectivity index (χ2v) is 8.93. The van der Waals surface area contributed by atoms with Gasteiger partial charge in [0, 0.05) is 28.8 Å². The maximum absolute atomic E-state index is 4.82. The van der Waals surface area contributed by atoms with Gasteiger partial charge >= 0.3 is 0 Å². The number of thioether (sulfide) groups is 1. The third kappa shape index (κ3) is 4.60. The van der Waals surface area contributed by atoms with Crippen molar-refractivity contribution in [2.24, 2.45) is 0 Å². The molecule has 4 nitrogen and oxygen atoms in total. The molecular formula is C23H24N4S2. The summed E-state index contributed by atoms with van der Waals surface area (Å²) >= 11 is 3.40. The van der Waals surface area contributed by atoms with Crippen LogP contribution in [-0.4, -0.2) is 19.7 Å². The Morgan fingerprint density at radius 2 is 1.79 bits per heavy atom. The lowest BCUT2D eigenvalue weighted by molar-refractivity contribution is 0.626. The first-order valence-corrected chi connectivity index (χ1v) is 11.6. The summed E-state index contributed by atoms with van der Waals surface area (Å²) < 4.78 is 2.23. The van der Waals surface area contributed by atoms with Gasteiger partial charge in [-0.3, -0.25) is 0 Å². The molecule has 2 aromatic heterocycles. The molecule has 6 heteroatoms. The molecule has 0 saturated heterocycles. The van der Waals surface area contributed by atoms with Crippen LogP contribution in [0.4, 0.5) is 0 Å². The molecule has 0 bridgehead atoms. The van der Waals surface area contributed by atoms with Gasteiger partial charge in [-0.05, 0) is 26.3 Å². The molecular weight excluding hydrogens is 396 g/mol. The summed E-state index contributed by atoms with van der Waals surface area (Å²) in [6, 6.07) is 17.0. The van der Waals surface area contributed by atoms with E-state index in [1.807, 2.05) is 0 Å². The summed E-state index contributed by atoms with van der Waals surface area (Å²) in [4.78, 5) is 4.82. The molecule has 0 aliphatic carbocycles. The van der Waals surface area contributed by atoms with Gasteiger partial charge in [0.05, 0.1) is 5.69 Å². The fourth-order valence-electron chi connectivity index (χ4n) is 3.16. The van der Waals surface area contributed by atoms with Gasteiger partial charge in [0.15, 0.2) is 11.0 Å². The molecule has 4 aromatic rings. The van der Waals surface area contributed by atoms with Crippen molar-refractivity contribution in [1.29, 1.82) is 0 Å². The third-order valence-electron chi connectivity index (χ3n) is 4.64. The van der Waals surface area contributed by atoms with Crippen molar-refractivity contribution in [3.05, 3.63) is 70.7 Å². The van der Waals surface area contributed by atoms with E-state index >= 15 is 0 Å². The normalized spacial score (nSPS) is 11.1. The number of rotatable bonds is 7. The molecule has 0 aliphatic rings. The number of hydrogen-bond donors (Lipinski definition) is 0. The smallest absolute Gasteiger partial charge is 0.191 e. The maximum Gasteiger partial charge on any atom is 0.191 e. The number of aromatic nitrogens is 4. The largest absolute Gasteiger partial charge is 0.302 e. The van der Waals surface area contributed by atoms with Crippen LogP contribution in [0.2, 0.25) is 0 Å². The summed E-state index contributed by atoms with van der Waals surface area (Å²) in [5.74, 6) is 1.73. The average Bonchev–Trinajstić information content (AvgIpc) is 3.35. The molecule has 2 aromatic carbocycles. The van der Waals surface area contributed by atoms with Crippen molar-refractivity contribution in [2.75, 3.05) is 0 Å². The first kappa shape index (κ1) is 19.9. The van der Waals surface area contributed by atoms with Gasteiger partial charge < -0.3 is 4.57 Å². The quantitative estimate of drug-likeness (QED) is 0.325. The molecule has 0 radical (unpaired) electrons. The lowest BCUT2D eigenvalue weighted by Crippen LogP contribution is -2.02. The van der Waals surface area contributed by atoms with Gasteiger partial charge in [0.1, 0.15) is 5.01 Å². The number of aryl methyl sites for hydroxylation is 2. The molecule has 0 amide bonds. The zero-order chi connectivity index (χ0) is 20.2. The van der Waals surface area contributed by atoms with Crippen LogP contribution in [0.25, 0.3) is 22.0 Å². The van der Waals surface area contributed by atoms with Gasteiger partial charge in [0.25, 0.3) is 0 Å². The molecule has 2 heterocycles. The van der Waals surface area contributed by atoms with E-state index in [1.165, 1.54) is 16.7 Å². The average molecular weight is 421 g/mol. The number of thiazole rings is 1. The van der Waals surface area contributed by atoms with Gasteiger partial charge in [-0.1, -0.05) is 72.3 Å². The van der Waals surface area contributed by atoms with E-state index in [9.17, 15) is 0 Å². The van der Waals surface area contributed by atoms with E-state index in [0.717, 1.165) is 46.0 Å². The molecule has 4 rings (SSSR count). The van der Waals surface area contributed by atoms with Gasteiger partial charge in [-0.2, -0.15) is 0 Å². The zero-order valence-corrected chi connectivity index (χ0v) is 18.6. The highest BCUT2D eigenvalue weighted by molar-refractivity contribution is 7.98. The van der Waals surface area contributed by atoms with Crippen molar-refractivity contribution >= 4 is 23.1 Å². The van der Waals surface area contributed by atoms with Gasteiger partial charge in [-0.15, -0.1) is 21.5 Å². The molecule has 0 aliphatic heterocycles. The van der Waals surface area contributed by atoms with Crippen LogP contribution in [0.5, 0.6) is 0 Å². The van der Waals surface area contributed by atoms with Crippen LogP contribution in [0.3, 0.4) is 0 Å². The van der Waals surface area contributed by atoms with Crippen molar-refractivity contribution in [2.45, 2.75) is 44.6 Å². The number of nitrogens with zero attached hydrogens (tertiary/aromatic N) is 4. The zero-order valence-electron chi connectivity index (χ0n) is 16.9. The minimum atomic E-state index is 0.790. The highest BCUT2D eigenvalue weighted by Gasteiger charge is 2.15. The SMILES string of the molecule is CCCn1c(SCc2csc(-c3ccc(C)cc3)n2)nnc1-c1cccc(C)c1. The van der Waals surface area contributed by atoms with Crippen molar-refractivity contribution < 1.29 is 0 Å². The Labute approximate surface area is 180 Å². The summed E-state index contributed by atoms with van der Waals surface area (Å²) in [5.41, 5.74) is 5.87. The monoisotopic (exact) mass is 420 g/mol. The summed E-state index contributed by atoms with van der Waals surface area (Å²) in [6.07, 6.45) is 1.04. The summed E-state index contributed by atoms with van der Waals surface area (Å²) in [5, 5.41) is 13.1. The highest BCUT2D eigenvalue weighted by atomic mass is 32.2. The molecule has 0 spiro atoms. The Morgan fingerprint density at radius 3 is 2.55 bits per heavy atom. The lowest BCUT2D eigenvalue weighted by Gasteiger charge is -2.09. The predicted molar refractivity (Wildman–Crippen MR) is 122 cm³/mol. The van der Waals surface area contributed by atoms with E-state index in [4.69, 9.17) is 4.98 Å². The maximum atomic E-state index is 4.82. The van der Waals surface area contributed by atoms with Crippen LogP contribution in [0.15, 0.2) is 59.1 Å². The second-order valence-electron chi connectivity index (χ2n) is 7.13. The molecule has 0 N–H and O–H groups in total. The van der Waals surface area contributed by atoms with E-state index in [-0.39, 0.29) is 0 Å². The minimum Gasteiger partial charge on any atom is -0.302 e. The van der Waals surface area contributed by atoms with Crippen LogP contribution >= 0.6 is 23.1 Å². The Kier molecular flexibility index (Phi) is 6.11. The topological polar surface area (TPSA) is 43.6 Å². The van der Waals surface area contributed by atoms with Crippen LogP contribution in [-0.2, 0) is 12.3 Å². The van der Waals surface area contributed by atoms with E-state index < -0.39 is 0 Å². The molecule has 29 heavy (non-hydrogen) atoms. The molecule has 0 unspecified atom stereocenters. The molecule has 0 atom stereocenters. The predicted octanol–water partition coefficient (Wildman–Crippen LogP) is 6.39. The highest BCUT2D eigenvalue weighted by Crippen LogP contribution is 2.30. The second kappa shape index (κ2) is 8.93. The van der Waals surface area contributed by atoms with Gasteiger partial charge in [0.2, 0.25) is 0 Å². The standard InChI is InChI=1S/C23H24N4S2/c1-4-12-27-21(19-7-5-6-17(3)13-19)25-26-23(27)29-15-20-14-28-22(24-20)18-10-8-16(2)9-11-18/h5-11,13-14H,4,12,15H2,1-3H3.